The minimum absolute atomic E-state index is 0.237. The van der Waals surface area contributed by atoms with E-state index in [1.165, 1.54) is 12.1 Å². The van der Waals surface area contributed by atoms with Gasteiger partial charge >= 0.3 is 0 Å². The number of thioether (sulfide) groups is 1. The molecule has 0 bridgehead atoms. The second-order valence-electron chi connectivity index (χ2n) is 5.41. The minimum Gasteiger partial charge on any atom is -0.340 e. The Morgan fingerprint density at radius 2 is 1.85 bits per heavy atom. The van der Waals surface area contributed by atoms with Gasteiger partial charge in [0.15, 0.2) is 0 Å². The van der Waals surface area contributed by atoms with Crippen LogP contribution in [0.2, 0.25) is 10.0 Å². The lowest BCUT2D eigenvalue weighted by Gasteiger charge is -2.19. The normalized spacial score (nSPS) is 11.5. The first-order chi connectivity index (χ1) is 12.5. The fourth-order valence-corrected chi connectivity index (χ4v) is 3.12. The number of rotatable bonds is 8. The molecule has 1 unspecified atom stereocenters. The van der Waals surface area contributed by atoms with Crippen molar-refractivity contribution in [1.82, 2.24) is 10.7 Å². The number of carbonyl (C=O) groups is 2. The summed E-state index contributed by atoms with van der Waals surface area (Å²) in [6, 6.07) is 13.1. The molecule has 1 atom stereocenters. The Morgan fingerprint density at radius 1 is 1.12 bits per heavy atom. The second-order valence-corrected chi connectivity index (χ2v) is 7.24. The van der Waals surface area contributed by atoms with Crippen molar-refractivity contribution in [1.29, 1.82) is 0 Å². The van der Waals surface area contributed by atoms with E-state index >= 15 is 0 Å². The van der Waals surface area contributed by atoms with E-state index in [0.29, 0.717) is 11.4 Å². The van der Waals surface area contributed by atoms with Crippen molar-refractivity contribution < 1.29 is 9.59 Å². The van der Waals surface area contributed by atoms with E-state index in [-0.39, 0.29) is 16.5 Å². The summed E-state index contributed by atoms with van der Waals surface area (Å²) in [6.45, 7) is 0. The summed E-state index contributed by atoms with van der Waals surface area (Å²) in [5, 5.41) is 3.41. The maximum atomic E-state index is 12.5. The molecule has 3 N–H and O–H groups in total. The molecule has 0 heterocycles. The molecule has 0 saturated heterocycles. The third kappa shape index (κ3) is 6.12. The SMILES string of the molecule is CSCCC(NC(=O)c1ccc(Cl)cc1Cl)C(=O)NNc1ccccc1. The van der Waals surface area contributed by atoms with Crippen LogP contribution in [-0.4, -0.2) is 29.9 Å². The maximum Gasteiger partial charge on any atom is 0.260 e. The molecule has 0 aromatic heterocycles. The number of hydrazine groups is 1. The number of halogens is 2. The molecule has 0 radical (unpaired) electrons. The van der Waals surface area contributed by atoms with Gasteiger partial charge in [-0.05, 0) is 48.8 Å². The van der Waals surface area contributed by atoms with Gasteiger partial charge in [0.25, 0.3) is 11.8 Å². The van der Waals surface area contributed by atoms with Crippen LogP contribution in [0.25, 0.3) is 0 Å². The Labute approximate surface area is 166 Å². The van der Waals surface area contributed by atoms with Crippen LogP contribution in [0.3, 0.4) is 0 Å². The van der Waals surface area contributed by atoms with E-state index < -0.39 is 11.9 Å². The number of benzene rings is 2. The first-order valence-corrected chi connectivity index (χ1v) is 10.0. The molecule has 0 fully saturated rings. The average molecular weight is 412 g/mol. The third-order valence-corrected chi connectivity index (χ3v) is 4.70. The fraction of sp³-hybridized carbons (Fsp3) is 0.222. The van der Waals surface area contributed by atoms with Crippen molar-refractivity contribution in [2.75, 3.05) is 17.4 Å². The zero-order chi connectivity index (χ0) is 18.9. The highest BCUT2D eigenvalue weighted by molar-refractivity contribution is 7.98. The van der Waals surface area contributed by atoms with Crippen LogP contribution < -0.4 is 16.2 Å². The van der Waals surface area contributed by atoms with Crippen molar-refractivity contribution in [2.24, 2.45) is 0 Å². The molecule has 2 amide bonds. The van der Waals surface area contributed by atoms with Crippen molar-refractivity contribution >= 4 is 52.5 Å². The van der Waals surface area contributed by atoms with Crippen molar-refractivity contribution in [3.05, 3.63) is 64.1 Å². The largest absolute Gasteiger partial charge is 0.340 e. The van der Waals surface area contributed by atoms with Gasteiger partial charge in [-0.3, -0.25) is 20.4 Å². The molecule has 0 aliphatic rings. The van der Waals surface area contributed by atoms with Gasteiger partial charge in [-0.1, -0.05) is 41.4 Å². The first-order valence-electron chi connectivity index (χ1n) is 7.87. The van der Waals surface area contributed by atoms with Crippen molar-refractivity contribution in [3.8, 4) is 0 Å². The van der Waals surface area contributed by atoms with Crippen LogP contribution >= 0.6 is 35.0 Å². The van der Waals surface area contributed by atoms with Gasteiger partial charge in [0.05, 0.1) is 16.3 Å². The van der Waals surface area contributed by atoms with Gasteiger partial charge < -0.3 is 5.32 Å². The lowest BCUT2D eigenvalue weighted by atomic mass is 10.1. The van der Waals surface area contributed by atoms with Gasteiger partial charge in [-0.25, -0.2) is 0 Å². The van der Waals surface area contributed by atoms with Gasteiger partial charge in [-0.15, -0.1) is 0 Å². The Balaban J connectivity index is 2.03. The van der Waals surface area contributed by atoms with E-state index in [1.54, 1.807) is 17.8 Å². The second kappa shape index (κ2) is 10.3. The zero-order valence-corrected chi connectivity index (χ0v) is 16.4. The fourth-order valence-electron chi connectivity index (χ4n) is 2.16. The Morgan fingerprint density at radius 3 is 2.50 bits per heavy atom. The molecular formula is C18H19Cl2N3O2S. The molecule has 0 aliphatic heterocycles. The minimum atomic E-state index is -0.696. The number of amides is 2. The molecule has 138 valence electrons. The molecule has 26 heavy (non-hydrogen) atoms. The molecular weight excluding hydrogens is 393 g/mol. The topological polar surface area (TPSA) is 70.2 Å². The van der Waals surface area contributed by atoms with Crippen LogP contribution in [0.4, 0.5) is 5.69 Å². The number of hydrogen-bond donors (Lipinski definition) is 3. The summed E-state index contributed by atoms with van der Waals surface area (Å²) in [4.78, 5) is 25.0. The molecule has 0 spiro atoms. The van der Waals surface area contributed by atoms with Gasteiger partial charge in [0, 0.05) is 5.02 Å². The number of hydrogen-bond acceptors (Lipinski definition) is 4. The summed E-state index contributed by atoms with van der Waals surface area (Å²) >= 11 is 13.5. The lowest BCUT2D eigenvalue weighted by Crippen LogP contribution is -2.48. The Kier molecular flexibility index (Phi) is 8.09. The quantitative estimate of drug-likeness (QED) is 0.574. The summed E-state index contributed by atoms with van der Waals surface area (Å²) in [5.41, 5.74) is 6.47. The summed E-state index contributed by atoms with van der Waals surface area (Å²) < 4.78 is 0. The smallest absolute Gasteiger partial charge is 0.260 e. The monoisotopic (exact) mass is 411 g/mol. The predicted molar refractivity (Wildman–Crippen MR) is 109 cm³/mol. The number of anilines is 1. The van der Waals surface area contributed by atoms with Gasteiger partial charge in [-0.2, -0.15) is 11.8 Å². The van der Waals surface area contributed by atoms with Gasteiger partial charge in [0.1, 0.15) is 6.04 Å². The first kappa shape index (κ1) is 20.4. The average Bonchev–Trinajstić information content (AvgIpc) is 2.63. The van der Waals surface area contributed by atoms with E-state index in [2.05, 4.69) is 16.2 Å². The summed E-state index contributed by atoms with van der Waals surface area (Å²) in [6.07, 6.45) is 2.43. The van der Waals surface area contributed by atoms with Crippen LogP contribution in [0.5, 0.6) is 0 Å². The van der Waals surface area contributed by atoms with Crippen LogP contribution in [0.15, 0.2) is 48.5 Å². The van der Waals surface area contributed by atoms with Crippen LogP contribution in [0, 0.1) is 0 Å². The molecule has 8 heteroatoms. The van der Waals surface area contributed by atoms with E-state index in [0.717, 1.165) is 11.4 Å². The summed E-state index contributed by atoms with van der Waals surface area (Å²) in [7, 11) is 0. The number of carbonyl (C=O) groups excluding carboxylic acids is 2. The lowest BCUT2D eigenvalue weighted by molar-refractivity contribution is -0.122. The Bertz CT molecular complexity index is 759. The highest BCUT2D eigenvalue weighted by atomic mass is 35.5. The molecule has 2 aromatic rings. The van der Waals surface area contributed by atoms with Crippen molar-refractivity contribution in [3.63, 3.8) is 0 Å². The third-order valence-electron chi connectivity index (χ3n) is 3.51. The van der Waals surface area contributed by atoms with E-state index in [4.69, 9.17) is 23.2 Å². The highest BCUT2D eigenvalue weighted by Gasteiger charge is 2.22. The molecule has 0 aliphatic carbocycles. The zero-order valence-electron chi connectivity index (χ0n) is 14.1. The van der Waals surface area contributed by atoms with Crippen LogP contribution in [-0.2, 0) is 4.79 Å². The van der Waals surface area contributed by atoms with E-state index in [9.17, 15) is 9.59 Å². The number of nitrogens with one attached hydrogen (secondary N) is 3. The summed E-state index contributed by atoms with van der Waals surface area (Å²) in [5.74, 6) is -0.0353. The maximum absolute atomic E-state index is 12.5. The standard InChI is InChI=1S/C18H19Cl2N3O2S/c1-26-10-9-16(18(25)23-22-13-5-3-2-4-6-13)21-17(24)14-8-7-12(19)11-15(14)20/h2-8,11,16,22H,9-10H2,1H3,(H,21,24)(H,23,25). The number of para-hydroxylation sites is 1. The molecule has 5 nitrogen and oxygen atoms in total. The van der Waals surface area contributed by atoms with Crippen molar-refractivity contribution in [2.45, 2.75) is 12.5 Å². The molecule has 2 aromatic carbocycles. The molecule has 2 rings (SSSR count). The van der Waals surface area contributed by atoms with Gasteiger partial charge in [0.2, 0.25) is 0 Å². The van der Waals surface area contributed by atoms with Crippen LogP contribution in [0.1, 0.15) is 16.8 Å². The van der Waals surface area contributed by atoms with E-state index in [1.807, 2.05) is 36.6 Å². The predicted octanol–water partition coefficient (Wildman–Crippen LogP) is 3.99. The highest BCUT2D eigenvalue weighted by Crippen LogP contribution is 2.21. The molecule has 0 saturated carbocycles. The Hall–Kier alpha value is -1.89.